The van der Waals surface area contributed by atoms with Crippen molar-refractivity contribution in [1.82, 2.24) is 0 Å². The van der Waals surface area contributed by atoms with Crippen molar-refractivity contribution in [2.75, 3.05) is 0 Å². The molecule has 174 valence electrons. The lowest BCUT2D eigenvalue weighted by Gasteiger charge is -2.72. The van der Waals surface area contributed by atoms with Crippen LogP contribution in [0.3, 0.4) is 0 Å². The molecular formula is C30H48O. The first-order chi connectivity index (χ1) is 14.3. The molecule has 0 aromatic carbocycles. The highest BCUT2D eigenvalue weighted by molar-refractivity contribution is 5.39. The Morgan fingerprint density at radius 1 is 0.839 bits per heavy atom. The molecule has 0 aromatic heterocycles. The van der Waals surface area contributed by atoms with Crippen LogP contribution in [0.2, 0.25) is 0 Å². The first-order valence-corrected chi connectivity index (χ1v) is 13.4. The van der Waals surface area contributed by atoms with Gasteiger partial charge in [0, 0.05) is 0 Å². The van der Waals surface area contributed by atoms with E-state index in [1.54, 1.807) is 11.1 Å². The summed E-state index contributed by atoms with van der Waals surface area (Å²) in [6.45, 7) is 20.3. The van der Waals surface area contributed by atoms with Crippen molar-refractivity contribution >= 4 is 0 Å². The third-order valence-electron chi connectivity index (χ3n) is 12.7. The smallest absolute Gasteiger partial charge is 0.0571 e. The van der Waals surface area contributed by atoms with Crippen LogP contribution in [0.25, 0.3) is 0 Å². The Bertz CT molecular complexity index is 833. The highest BCUT2D eigenvalue weighted by atomic mass is 16.3. The van der Waals surface area contributed by atoms with Crippen LogP contribution >= 0.6 is 0 Å². The van der Waals surface area contributed by atoms with Crippen LogP contribution in [0, 0.1) is 50.7 Å². The van der Waals surface area contributed by atoms with Crippen molar-refractivity contribution in [3.8, 4) is 0 Å². The Balaban J connectivity index is 1.59. The van der Waals surface area contributed by atoms with Gasteiger partial charge in [-0.1, -0.05) is 66.2 Å². The van der Waals surface area contributed by atoms with Crippen LogP contribution in [0.4, 0.5) is 0 Å². The normalized spacial score (nSPS) is 55.7. The second-order valence-corrected chi connectivity index (χ2v) is 14.4. The van der Waals surface area contributed by atoms with Gasteiger partial charge >= 0.3 is 0 Å². The second kappa shape index (κ2) is 6.52. The number of rotatable bonds is 0. The Hall–Kier alpha value is -0.560. The lowest BCUT2D eigenvalue weighted by molar-refractivity contribution is -0.228. The average Bonchev–Trinajstić information content (AvgIpc) is 2.67. The molecule has 5 aliphatic carbocycles. The lowest BCUT2D eigenvalue weighted by Crippen LogP contribution is -2.65. The van der Waals surface area contributed by atoms with Crippen LogP contribution in [-0.2, 0) is 0 Å². The summed E-state index contributed by atoms with van der Waals surface area (Å²) < 4.78 is 0. The number of hydrogen-bond donors (Lipinski definition) is 1. The number of fused-ring (bicyclic) bond motifs is 7. The summed E-state index contributed by atoms with van der Waals surface area (Å²) in [6.07, 6.45) is 15.2. The summed E-state index contributed by atoms with van der Waals surface area (Å²) in [5.74, 6) is 2.74. The van der Waals surface area contributed by atoms with Gasteiger partial charge in [-0.15, -0.1) is 0 Å². The summed E-state index contributed by atoms with van der Waals surface area (Å²) in [5.41, 5.74) is 5.22. The maximum absolute atomic E-state index is 10.7. The fourth-order valence-electron chi connectivity index (χ4n) is 10.5. The molecule has 3 fully saturated rings. The Labute approximate surface area is 192 Å². The number of aliphatic hydroxyl groups is 1. The van der Waals surface area contributed by atoms with Gasteiger partial charge in [0.2, 0.25) is 0 Å². The number of allylic oxidation sites excluding steroid dienone is 4. The third kappa shape index (κ3) is 2.71. The zero-order chi connectivity index (χ0) is 22.6. The predicted octanol–water partition coefficient (Wildman–Crippen LogP) is 7.94. The molecule has 0 aliphatic heterocycles. The first kappa shape index (κ1) is 22.2. The van der Waals surface area contributed by atoms with Gasteiger partial charge in [-0.3, -0.25) is 0 Å². The monoisotopic (exact) mass is 424 g/mol. The standard InChI is InChI=1S/C30H48O/c1-19-17-30(8)25-12-14-27(5)20(2)23(31)9-10-24(27)28(25,6)15-16-29(30,7)22-18-26(3,4)13-11-21(19)22/h11,13,20,22-25,31H,9-10,12,14-18H2,1-8H3. The molecule has 1 nitrogen and oxygen atoms in total. The molecule has 0 radical (unpaired) electrons. The number of hydrogen-bond acceptors (Lipinski definition) is 1. The molecule has 0 aromatic rings. The summed E-state index contributed by atoms with van der Waals surface area (Å²) in [7, 11) is 0. The zero-order valence-corrected chi connectivity index (χ0v) is 21.6. The van der Waals surface area contributed by atoms with E-state index < -0.39 is 0 Å². The van der Waals surface area contributed by atoms with Crippen molar-refractivity contribution in [2.45, 2.75) is 113 Å². The van der Waals surface area contributed by atoms with Gasteiger partial charge in [0.1, 0.15) is 0 Å². The van der Waals surface area contributed by atoms with Gasteiger partial charge in [0.25, 0.3) is 0 Å². The van der Waals surface area contributed by atoms with Gasteiger partial charge in [-0.2, -0.15) is 0 Å². The van der Waals surface area contributed by atoms with E-state index in [-0.39, 0.29) is 6.10 Å². The molecule has 1 N–H and O–H groups in total. The van der Waals surface area contributed by atoms with E-state index >= 15 is 0 Å². The van der Waals surface area contributed by atoms with Crippen LogP contribution in [0.5, 0.6) is 0 Å². The maximum Gasteiger partial charge on any atom is 0.0571 e. The quantitative estimate of drug-likeness (QED) is 0.418. The highest BCUT2D eigenvalue weighted by Crippen LogP contribution is 2.76. The van der Waals surface area contributed by atoms with E-state index in [0.29, 0.717) is 33.0 Å². The average molecular weight is 425 g/mol. The summed E-state index contributed by atoms with van der Waals surface area (Å²) in [6, 6.07) is 0. The van der Waals surface area contributed by atoms with Gasteiger partial charge in [-0.25, -0.2) is 0 Å². The molecule has 0 bridgehead atoms. The molecule has 3 saturated carbocycles. The van der Waals surface area contributed by atoms with Crippen molar-refractivity contribution in [3.63, 3.8) is 0 Å². The molecule has 5 rings (SSSR count). The summed E-state index contributed by atoms with van der Waals surface area (Å²) >= 11 is 0. The molecule has 0 amide bonds. The van der Waals surface area contributed by atoms with E-state index in [4.69, 9.17) is 0 Å². The Morgan fingerprint density at radius 3 is 2.26 bits per heavy atom. The third-order valence-corrected chi connectivity index (χ3v) is 12.7. The maximum atomic E-state index is 10.7. The van der Waals surface area contributed by atoms with Crippen molar-refractivity contribution in [3.05, 3.63) is 23.3 Å². The minimum absolute atomic E-state index is 0.0930. The predicted molar refractivity (Wildman–Crippen MR) is 131 cm³/mol. The Morgan fingerprint density at radius 2 is 1.55 bits per heavy atom. The molecule has 9 atom stereocenters. The highest BCUT2D eigenvalue weighted by Gasteiger charge is 2.68. The molecule has 0 heterocycles. The van der Waals surface area contributed by atoms with Gasteiger partial charge in [-0.05, 0) is 115 Å². The largest absolute Gasteiger partial charge is 0.393 e. The van der Waals surface area contributed by atoms with E-state index in [1.165, 1.54) is 44.9 Å². The van der Waals surface area contributed by atoms with Crippen LogP contribution in [-0.4, -0.2) is 11.2 Å². The molecule has 0 spiro atoms. The fourth-order valence-corrected chi connectivity index (χ4v) is 10.5. The first-order valence-electron chi connectivity index (χ1n) is 13.4. The summed E-state index contributed by atoms with van der Waals surface area (Å²) in [4.78, 5) is 0. The van der Waals surface area contributed by atoms with Crippen molar-refractivity contribution in [2.24, 2.45) is 50.7 Å². The second-order valence-electron chi connectivity index (χ2n) is 14.4. The zero-order valence-electron chi connectivity index (χ0n) is 21.6. The van der Waals surface area contributed by atoms with Crippen molar-refractivity contribution in [1.29, 1.82) is 0 Å². The lowest BCUT2D eigenvalue weighted by atomic mass is 9.32. The van der Waals surface area contributed by atoms with E-state index in [9.17, 15) is 5.11 Å². The van der Waals surface area contributed by atoms with E-state index in [2.05, 4.69) is 67.5 Å². The molecule has 31 heavy (non-hydrogen) atoms. The minimum atomic E-state index is -0.0930. The Kier molecular flexibility index (Phi) is 4.68. The molecule has 5 aliphatic rings. The van der Waals surface area contributed by atoms with Crippen LogP contribution in [0.15, 0.2) is 23.3 Å². The molecular weight excluding hydrogens is 376 g/mol. The van der Waals surface area contributed by atoms with Gasteiger partial charge in [0.05, 0.1) is 6.10 Å². The van der Waals surface area contributed by atoms with Crippen LogP contribution in [0.1, 0.15) is 107 Å². The topological polar surface area (TPSA) is 20.2 Å². The minimum Gasteiger partial charge on any atom is -0.393 e. The van der Waals surface area contributed by atoms with Gasteiger partial charge < -0.3 is 5.11 Å². The summed E-state index contributed by atoms with van der Waals surface area (Å²) in [5, 5.41) is 10.7. The van der Waals surface area contributed by atoms with E-state index in [0.717, 1.165) is 24.2 Å². The SMILES string of the molecule is CC1=C2C=CC(C)(C)CC2C2(C)CCC3(C)C4CCC(O)C(C)C4(C)CCC3C2(C)C1. The van der Waals surface area contributed by atoms with Crippen LogP contribution < -0.4 is 0 Å². The number of aliphatic hydroxyl groups excluding tert-OH is 1. The fraction of sp³-hybridized carbons (Fsp3) is 0.867. The van der Waals surface area contributed by atoms with E-state index in [1.807, 2.05) is 0 Å². The van der Waals surface area contributed by atoms with Gasteiger partial charge in [0.15, 0.2) is 0 Å². The van der Waals surface area contributed by atoms with Crippen molar-refractivity contribution < 1.29 is 5.11 Å². The molecule has 9 unspecified atom stereocenters. The molecule has 1 heteroatoms. The molecule has 0 saturated heterocycles.